The fourth-order valence-electron chi connectivity index (χ4n) is 1.50. The Morgan fingerprint density at radius 1 is 1.47 bits per heavy atom. The van der Waals surface area contributed by atoms with Crippen molar-refractivity contribution in [1.29, 1.82) is 0 Å². The molecule has 2 atom stereocenters. The third kappa shape index (κ3) is 3.80. The van der Waals surface area contributed by atoms with Gasteiger partial charge in [-0.05, 0) is 30.2 Å². The zero-order valence-electron chi connectivity index (χ0n) is 9.68. The summed E-state index contributed by atoms with van der Waals surface area (Å²) in [7, 11) is 1.24. The average Bonchev–Trinajstić information content (AvgIpc) is 2.31. The van der Waals surface area contributed by atoms with Crippen LogP contribution in [-0.4, -0.2) is 29.4 Å². The lowest BCUT2D eigenvalue weighted by Crippen LogP contribution is -2.23. The number of aryl methyl sites for hydroxylation is 1. The number of ether oxygens (including phenoxy) is 1. The van der Waals surface area contributed by atoms with E-state index in [0.29, 0.717) is 5.56 Å². The second-order valence-electron chi connectivity index (χ2n) is 3.79. The third-order valence-corrected chi connectivity index (χ3v) is 3.02. The van der Waals surface area contributed by atoms with E-state index in [1.165, 1.54) is 7.11 Å². The highest BCUT2D eigenvalue weighted by atomic mass is 79.9. The van der Waals surface area contributed by atoms with Gasteiger partial charge in [0.05, 0.1) is 19.6 Å². The molecule has 1 rings (SSSR count). The van der Waals surface area contributed by atoms with E-state index in [-0.39, 0.29) is 6.42 Å². The zero-order valence-corrected chi connectivity index (χ0v) is 11.3. The largest absolute Gasteiger partial charge is 0.469 e. The van der Waals surface area contributed by atoms with Crippen LogP contribution in [-0.2, 0) is 9.53 Å². The van der Waals surface area contributed by atoms with Crippen molar-refractivity contribution >= 4 is 21.9 Å². The predicted molar refractivity (Wildman–Crippen MR) is 66.5 cm³/mol. The standard InChI is InChI=1S/C12H15BrO4/c1-7-3-4-8(13)5-9(7)12(16)10(14)6-11(15)17-2/h3-5,10,12,14,16H,6H2,1-2H3. The molecule has 1 aromatic carbocycles. The first-order valence-corrected chi connectivity index (χ1v) is 5.94. The summed E-state index contributed by atoms with van der Waals surface area (Å²) in [6, 6.07) is 5.40. The molecule has 0 saturated carbocycles. The number of carbonyl (C=O) groups is 1. The second kappa shape index (κ2) is 6.14. The van der Waals surface area contributed by atoms with Crippen molar-refractivity contribution in [3.8, 4) is 0 Å². The van der Waals surface area contributed by atoms with Gasteiger partial charge in [-0.3, -0.25) is 4.79 Å². The lowest BCUT2D eigenvalue weighted by molar-refractivity contribution is -0.144. The fourth-order valence-corrected chi connectivity index (χ4v) is 1.88. The zero-order chi connectivity index (χ0) is 13.0. The molecule has 0 amide bonds. The van der Waals surface area contributed by atoms with Crippen LogP contribution in [0.15, 0.2) is 22.7 Å². The van der Waals surface area contributed by atoms with Crippen LogP contribution in [0, 0.1) is 6.92 Å². The maximum absolute atomic E-state index is 11.0. The Bertz CT molecular complexity index is 405. The van der Waals surface area contributed by atoms with E-state index >= 15 is 0 Å². The van der Waals surface area contributed by atoms with Crippen LogP contribution in [0.1, 0.15) is 23.7 Å². The molecule has 17 heavy (non-hydrogen) atoms. The molecule has 94 valence electrons. The number of halogens is 1. The van der Waals surface area contributed by atoms with E-state index in [1.54, 1.807) is 6.07 Å². The number of methoxy groups -OCH3 is 1. The van der Waals surface area contributed by atoms with Gasteiger partial charge in [-0.1, -0.05) is 22.0 Å². The van der Waals surface area contributed by atoms with Crippen molar-refractivity contribution in [3.05, 3.63) is 33.8 Å². The summed E-state index contributed by atoms with van der Waals surface area (Å²) in [5, 5.41) is 19.7. The van der Waals surface area contributed by atoms with Crippen LogP contribution < -0.4 is 0 Å². The van der Waals surface area contributed by atoms with Gasteiger partial charge in [0.2, 0.25) is 0 Å². The SMILES string of the molecule is COC(=O)CC(O)C(O)c1cc(Br)ccc1C. The number of hydrogen-bond donors (Lipinski definition) is 2. The molecule has 0 saturated heterocycles. The minimum atomic E-state index is -1.17. The van der Waals surface area contributed by atoms with E-state index in [1.807, 2.05) is 19.1 Å². The molecular weight excluding hydrogens is 288 g/mol. The number of esters is 1. The van der Waals surface area contributed by atoms with Gasteiger partial charge >= 0.3 is 5.97 Å². The van der Waals surface area contributed by atoms with Crippen molar-refractivity contribution < 1.29 is 19.7 Å². The molecule has 1 aromatic rings. The lowest BCUT2D eigenvalue weighted by atomic mass is 9.98. The van der Waals surface area contributed by atoms with E-state index in [0.717, 1.165) is 10.0 Å². The number of rotatable bonds is 4. The predicted octanol–water partition coefficient (Wildman–Crippen LogP) is 1.71. The highest BCUT2D eigenvalue weighted by Gasteiger charge is 2.23. The van der Waals surface area contributed by atoms with Crippen molar-refractivity contribution in [3.63, 3.8) is 0 Å². The van der Waals surface area contributed by atoms with Crippen LogP contribution in [0.25, 0.3) is 0 Å². The normalized spacial score (nSPS) is 14.2. The Balaban J connectivity index is 2.84. The van der Waals surface area contributed by atoms with Crippen LogP contribution in [0.5, 0.6) is 0 Å². The van der Waals surface area contributed by atoms with Gasteiger partial charge in [0.25, 0.3) is 0 Å². The number of aliphatic hydroxyl groups is 2. The summed E-state index contributed by atoms with van der Waals surface area (Å²) in [5.74, 6) is -0.552. The number of benzene rings is 1. The molecule has 2 unspecified atom stereocenters. The maximum Gasteiger partial charge on any atom is 0.308 e. The molecule has 0 bridgehead atoms. The van der Waals surface area contributed by atoms with Crippen LogP contribution in [0.2, 0.25) is 0 Å². The first-order valence-electron chi connectivity index (χ1n) is 5.14. The van der Waals surface area contributed by atoms with Crippen molar-refractivity contribution in [2.75, 3.05) is 7.11 Å². The van der Waals surface area contributed by atoms with Gasteiger partial charge in [-0.15, -0.1) is 0 Å². The topological polar surface area (TPSA) is 66.8 Å². The van der Waals surface area contributed by atoms with Crippen LogP contribution in [0.4, 0.5) is 0 Å². The summed E-state index contributed by atoms with van der Waals surface area (Å²) in [4.78, 5) is 11.0. The van der Waals surface area contributed by atoms with Crippen molar-refractivity contribution in [2.45, 2.75) is 25.6 Å². The lowest BCUT2D eigenvalue weighted by Gasteiger charge is -2.19. The Morgan fingerprint density at radius 2 is 2.12 bits per heavy atom. The Hall–Kier alpha value is -0.910. The maximum atomic E-state index is 11.0. The molecule has 5 heteroatoms. The van der Waals surface area contributed by atoms with E-state index < -0.39 is 18.2 Å². The van der Waals surface area contributed by atoms with Gasteiger partial charge in [0.1, 0.15) is 6.10 Å². The molecule has 2 N–H and O–H groups in total. The summed E-state index contributed by atoms with van der Waals surface area (Å²) < 4.78 is 5.25. The Kier molecular flexibility index (Phi) is 5.11. The van der Waals surface area contributed by atoms with Crippen LogP contribution >= 0.6 is 15.9 Å². The van der Waals surface area contributed by atoms with E-state index in [9.17, 15) is 15.0 Å². The second-order valence-corrected chi connectivity index (χ2v) is 4.71. The monoisotopic (exact) mass is 302 g/mol. The smallest absolute Gasteiger partial charge is 0.308 e. The molecule has 0 radical (unpaired) electrons. The van der Waals surface area contributed by atoms with E-state index in [2.05, 4.69) is 20.7 Å². The van der Waals surface area contributed by atoms with E-state index in [4.69, 9.17) is 0 Å². The number of aliphatic hydroxyl groups excluding tert-OH is 2. The first kappa shape index (κ1) is 14.2. The number of carbonyl (C=O) groups excluding carboxylic acids is 1. The first-order chi connectivity index (χ1) is 7.95. The molecule has 0 fully saturated rings. The number of hydrogen-bond acceptors (Lipinski definition) is 4. The summed E-state index contributed by atoms with van der Waals surface area (Å²) in [5.41, 5.74) is 1.44. The van der Waals surface area contributed by atoms with Gasteiger partial charge in [0, 0.05) is 4.47 Å². The highest BCUT2D eigenvalue weighted by molar-refractivity contribution is 9.10. The van der Waals surface area contributed by atoms with Gasteiger partial charge in [-0.25, -0.2) is 0 Å². The molecule has 0 aliphatic carbocycles. The molecule has 4 nitrogen and oxygen atoms in total. The molecule has 0 aliphatic rings. The Labute approximate surface area is 108 Å². The van der Waals surface area contributed by atoms with Gasteiger partial charge < -0.3 is 14.9 Å². The summed E-state index contributed by atoms with van der Waals surface area (Å²) >= 11 is 3.29. The van der Waals surface area contributed by atoms with Gasteiger partial charge in [0.15, 0.2) is 0 Å². The molecular formula is C12H15BrO4. The Morgan fingerprint density at radius 3 is 2.71 bits per heavy atom. The summed E-state index contributed by atoms with van der Waals surface area (Å²) in [6.45, 7) is 1.83. The quantitative estimate of drug-likeness (QED) is 0.831. The minimum Gasteiger partial charge on any atom is -0.469 e. The molecule has 0 aromatic heterocycles. The summed E-state index contributed by atoms with van der Waals surface area (Å²) in [6.07, 6.45) is -2.51. The molecule has 0 aliphatic heterocycles. The van der Waals surface area contributed by atoms with Gasteiger partial charge in [-0.2, -0.15) is 0 Å². The van der Waals surface area contributed by atoms with Crippen LogP contribution in [0.3, 0.4) is 0 Å². The molecule has 0 heterocycles. The average molecular weight is 303 g/mol. The molecule has 0 spiro atoms. The highest BCUT2D eigenvalue weighted by Crippen LogP contribution is 2.25. The van der Waals surface area contributed by atoms with Crippen molar-refractivity contribution in [1.82, 2.24) is 0 Å². The fraction of sp³-hybridized carbons (Fsp3) is 0.417. The minimum absolute atomic E-state index is 0.233. The van der Waals surface area contributed by atoms with Crippen molar-refractivity contribution in [2.24, 2.45) is 0 Å². The third-order valence-electron chi connectivity index (χ3n) is 2.53.